The number of rotatable bonds is 6. The molecule has 0 aliphatic carbocycles. The minimum absolute atomic E-state index is 0.0559. The van der Waals surface area contributed by atoms with E-state index < -0.39 is 0 Å². The van der Waals surface area contributed by atoms with Crippen LogP contribution in [0.4, 0.5) is 0 Å². The molecule has 4 aromatic rings. The molecule has 1 atom stereocenters. The molecule has 0 fully saturated rings. The maximum atomic E-state index is 13.1. The van der Waals surface area contributed by atoms with Gasteiger partial charge in [-0.1, -0.05) is 12.1 Å². The Kier molecular flexibility index (Phi) is 5.95. The minimum atomic E-state index is -0.152. The summed E-state index contributed by atoms with van der Waals surface area (Å²) in [6, 6.07) is 17.5. The van der Waals surface area contributed by atoms with Crippen LogP contribution in [0.3, 0.4) is 0 Å². The van der Waals surface area contributed by atoms with E-state index in [2.05, 4.69) is 27.9 Å². The number of nitrogens with zero attached hydrogens (tertiary/aromatic N) is 5. The third-order valence-electron chi connectivity index (χ3n) is 6.51. The van der Waals surface area contributed by atoms with E-state index in [-0.39, 0.29) is 18.4 Å². The maximum absolute atomic E-state index is 13.1. The molecule has 8 heteroatoms. The van der Waals surface area contributed by atoms with Crippen molar-refractivity contribution in [3.05, 3.63) is 83.8 Å². The third kappa shape index (κ3) is 4.12. The molecule has 8 nitrogen and oxygen atoms in total. The van der Waals surface area contributed by atoms with Gasteiger partial charge in [0, 0.05) is 62.4 Å². The predicted octanol–water partition coefficient (Wildman–Crippen LogP) is 2.88. The molecule has 1 unspecified atom stereocenters. The molecule has 5 rings (SSSR count). The fraction of sp³-hybridized carbons (Fsp3) is 0.222. The number of carbonyl (C=O) groups is 1. The second-order valence-electron chi connectivity index (χ2n) is 8.87. The SMILES string of the molecule is CN(CC(CN)CO)C(=O)c1ccc2c(c1)Cn1cc(-c3ccc(C#N)cc3)cc1-c1nccn1-2. The smallest absolute Gasteiger partial charge is 0.253 e. The van der Waals surface area contributed by atoms with Gasteiger partial charge in [0.2, 0.25) is 0 Å². The second kappa shape index (κ2) is 9.22. The van der Waals surface area contributed by atoms with Crippen molar-refractivity contribution in [1.29, 1.82) is 5.26 Å². The van der Waals surface area contributed by atoms with E-state index in [4.69, 9.17) is 11.0 Å². The number of aromatic nitrogens is 3. The van der Waals surface area contributed by atoms with Gasteiger partial charge in [-0.05, 0) is 54.1 Å². The Morgan fingerprint density at radius 2 is 2.03 bits per heavy atom. The summed E-state index contributed by atoms with van der Waals surface area (Å²) in [5, 5.41) is 18.5. The summed E-state index contributed by atoms with van der Waals surface area (Å²) >= 11 is 0. The molecule has 35 heavy (non-hydrogen) atoms. The standard InChI is InChI=1S/C27H26N6O2/c1-31(14-19(13-29)17-34)27(35)21-6-7-24-23(10-21)16-32-15-22(20-4-2-18(12-28)3-5-20)11-25(32)26-30-8-9-33(24)26/h2-11,15,19,34H,13-14,16-17,29H2,1H3. The van der Waals surface area contributed by atoms with Crippen LogP contribution in [0.15, 0.2) is 67.1 Å². The van der Waals surface area contributed by atoms with Crippen molar-refractivity contribution in [3.63, 3.8) is 0 Å². The van der Waals surface area contributed by atoms with Gasteiger partial charge < -0.3 is 20.3 Å². The van der Waals surface area contributed by atoms with Crippen LogP contribution in [0.2, 0.25) is 0 Å². The molecule has 1 aliphatic heterocycles. The molecule has 0 spiro atoms. The molecule has 2 aromatic heterocycles. The highest BCUT2D eigenvalue weighted by Gasteiger charge is 2.23. The van der Waals surface area contributed by atoms with Gasteiger partial charge in [-0.25, -0.2) is 4.98 Å². The molecule has 0 saturated carbocycles. The normalized spacial score (nSPS) is 12.6. The lowest BCUT2D eigenvalue weighted by atomic mass is 10.1. The zero-order chi connectivity index (χ0) is 24.5. The summed E-state index contributed by atoms with van der Waals surface area (Å²) in [5.41, 5.74) is 11.9. The first-order chi connectivity index (χ1) is 17.0. The van der Waals surface area contributed by atoms with Crippen molar-refractivity contribution < 1.29 is 9.90 Å². The number of fused-ring (bicyclic) bond motifs is 5. The lowest BCUT2D eigenvalue weighted by Gasteiger charge is -2.22. The number of imidazole rings is 1. The van der Waals surface area contributed by atoms with E-state index in [1.165, 1.54) is 0 Å². The van der Waals surface area contributed by atoms with E-state index in [9.17, 15) is 9.90 Å². The number of nitriles is 1. The first-order valence-electron chi connectivity index (χ1n) is 11.5. The number of hydrogen-bond donors (Lipinski definition) is 2. The topological polar surface area (TPSA) is 113 Å². The van der Waals surface area contributed by atoms with Gasteiger partial charge in [0.1, 0.15) is 0 Å². The van der Waals surface area contributed by atoms with E-state index in [1.54, 1.807) is 18.1 Å². The van der Waals surface area contributed by atoms with Gasteiger partial charge in [0.15, 0.2) is 5.82 Å². The number of carbonyl (C=O) groups excluding carboxylic acids is 1. The molecule has 3 N–H and O–H groups in total. The fourth-order valence-corrected chi connectivity index (χ4v) is 4.57. The van der Waals surface area contributed by atoms with Gasteiger partial charge in [-0.3, -0.25) is 9.36 Å². The van der Waals surface area contributed by atoms with Crippen LogP contribution in [0.25, 0.3) is 28.3 Å². The lowest BCUT2D eigenvalue weighted by Crippen LogP contribution is -2.36. The van der Waals surface area contributed by atoms with Crippen molar-refractivity contribution in [2.75, 3.05) is 26.7 Å². The molecular formula is C27H26N6O2. The first-order valence-corrected chi connectivity index (χ1v) is 11.5. The minimum Gasteiger partial charge on any atom is -0.396 e. The highest BCUT2D eigenvalue weighted by Crippen LogP contribution is 2.34. The van der Waals surface area contributed by atoms with E-state index >= 15 is 0 Å². The number of aliphatic hydroxyl groups is 1. The van der Waals surface area contributed by atoms with Crippen molar-refractivity contribution in [1.82, 2.24) is 19.0 Å². The monoisotopic (exact) mass is 466 g/mol. The third-order valence-corrected chi connectivity index (χ3v) is 6.51. The molecular weight excluding hydrogens is 440 g/mol. The Balaban J connectivity index is 1.51. The number of aliphatic hydroxyl groups excluding tert-OH is 1. The van der Waals surface area contributed by atoms with Gasteiger partial charge >= 0.3 is 0 Å². The van der Waals surface area contributed by atoms with Gasteiger partial charge in [0.25, 0.3) is 5.91 Å². The summed E-state index contributed by atoms with van der Waals surface area (Å²) in [6.07, 6.45) is 5.79. The summed E-state index contributed by atoms with van der Waals surface area (Å²) < 4.78 is 4.19. The summed E-state index contributed by atoms with van der Waals surface area (Å²) in [7, 11) is 1.73. The Morgan fingerprint density at radius 1 is 1.23 bits per heavy atom. The van der Waals surface area contributed by atoms with Crippen molar-refractivity contribution in [2.24, 2.45) is 11.7 Å². The van der Waals surface area contributed by atoms with Crippen molar-refractivity contribution in [2.45, 2.75) is 6.54 Å². The number of nitrogens with two attached hydrogens (primary N) is 1. The zero-order valence-electron chi connectivity index (χ0n) is 19.4. The van der Waals surface area contributed by atoms with Crippen molar-refractivity contribution in [3.8, 4) is 34.4 Å². The van der Waals surface area contributed by atoms with E-state index in [0.717, 1.165) is 33.9 Å². The van der Waals surface area contributed by atoms with Crippen LogP contribution < -0.4 is 5.73 Å². The molecule has 0 bridgehead atoms. The lowest BCUT2D eigenvalue weighted by molar-refractivity contribution is 0.0753. The highest BCUT2D eigenvalue weighted by molar-refractivity contribution is 5.94. The molecule has 3 heterocycles. The molecule has 176 valence electrons. The summed E-state index contributed by atoms with van der Waals surface area (Å²) in [6.45, 7) is 1.24. The number of benzene rings is 2. The molecule has 1 amide bonds. The second-order valence-corrected chi connectivity index (χ2v) is 8.87. The Morgan fingerprint density at radius 3 is 2.74 bits per heavy atom. The average molecular weight is 467 g/mol. The Bertz CT molecular complexity index is 1420. The summed E-state index contributed by atoms with van der Waals surface area (Å²) in [5.74, 6) is 0.565. The predicted molar refractivity (Wildman–Crippen MR) is 133 cm³/mol. The van der Waals surface area contributed by atoms with Gasteiger partial charge in [0.05, 0.1) is 23.0 Å². The van der Waals surface area contributed by atoms with Gasteiger partial charge in [-0.15, -0.1) is 0 Å². The Hall–Kier alpha value is -4.19. The fourth-order valence-electron chi connectivity index (χ4n) is 4.57. The largest absolute Gasteiger partial charge is 0.396 e. The highest BCUT2D eigenvalue weighted by atomic mass is 16.3. The van der Waals surface area contributed by atoms with Crippen molar-refractivity contribution >= 4 is 5.91 Å². The zero-order valence-corrected chi connectivity index (χ0v) is 19.4. The molecule has 0 radical (unpaired) electrons. The van der Waals surface area contributed by atoms with Gasteiger partial charge in [-0.2, -0.15) is 5.26 Å². The van der Waals surface area contributed by atoms with E-state index in [1.807, 2.05) is 53.2 Å². The first kappa shape index (κ1) is 22.6. The average Bonchev–Trinajstić information content (AvgIpc) is 3.51. The van der Waals surface area contributed by atoms with Crippen LogP contribution in [0.5, 0.6) is 0 Å². The summed E-state index contributed by atoms with van der Waals surface area (Å²) in [4.78, 5) is 19.3. The maximum Gasteiger partial charge on any atom is 0.253 e. The van der Waals surface area contributed by atoms with E-state index in [0.29, 0.717) is 30.8 Å². The van der Waals surface area contributed by atoms with Crippen LogP contribution in [0.1, 0.15) is 21.5 Å². The Labute approximate surface area is 203 Å². The molecule has 0 saturated heterocycles. The quantitative estimate of drug-likeness (QED) is 0.400. The number of hydrogen-bond acceptors (Lipinski definition) is 5. The van der Waals surface area contributed by atoms with Crippen LogP contribution in [-0.4, -0.2) is 56.8 Å². The number of amides is 1. The molecule has 1 aliphatic rings. The van der Waals surface area contributed by atoms with Crippen LogP contribution in [-0.2, 0) is 6.54 Å². The van der Waals surface area contributed by atoms with Crippen LogP contribution in [0, 0.1) is 17.2 Å². The molecule has 2 aromatic carbocycles. The van der Waals surface area contributed by atoms with Crippen LogP contribution >= 0.6 is 0 Å².